The summed E-state index contributed by atoms with van der Waals surface area (Å²) in [6, 6.07) is 0. The molecule has 0 unspecified atom stereocenters. The van der Waals surface area contributed by atoms with Gasteiger partial charge in [0.25, 0.3) is 0 Å². The maximum Gasteiger partial charge on any atom is 0.195 e. The first-order chi connectivity index (χ1) is 6.15. The smallest absolute Gasteiger partial charge is 0.195 e. The molecule has 1 aliphatic rings. The second kappa shape index (κ2) is 2.84. The van der Waals surface area contributed by atoms with E-state index in [9.17, 15) is 0 Å². The van der Waals surface area contributed by atoms with Gasteiger partial charge >= 0.3 is 0 Å². The van der Waals surface area contributed by atoms with Crippen molar-refractivity contribution in [3.05, 3.63) is 17.3 Å². The standard InChI is InChI=1S/C10H16N2O/c1-7-8(2)13-9(12-7)5-10(6-11)3-4-10/h3-6,11H2,1-2H3. The van der Waals surface area contributed by atoms with Gasteiger partial charge in [0.15, 0.2) is 5.89 Å². The van der Waals surface area contributed by atoms with Crippen LogP contribution in [0.5, 0.6) is 0 Å². The van der Waals surface area contributed by atoms with E-state index in [1.54, 1.807) is 0 Å². The second-order valence-electron chi connectivity index (χ2n) is 4.13. The van der Waals surface area contributed by atoms with E-state index in [-0.39, 0.29) is 0 Å². The molecule has 0 amide bonds. The molecule has 72 valence electrons. The summed E-state index contributed by atoms with van der Waals surface area (Å²) in [5.41, 5.74) is 7.02. The molecule has 2 N–H and O–H groups in total. The first-order valence-electron chi connectivity index (χ1n) is 4.78. The van der Waals surface area contributed by atoms with Crippen LogP contribution in [0, 0.1) is 19.3 Å². The van der Waals surface area contributed by atoms with Gasteiger partial charge in [-0.05, 0) is 38.6 Å². The summed E-state index contributed by atoms with van der Waals surface area (Å²) < 4.78 is 5.53. The normalized spacial score (nSPS) is 19.0. The molecule has 0 bridgehead atoms. The average molecular weight is 180 g/mol. The maximum atomic E-state index is 5.69. The molecule has 1 fully saturated rings. The number of hydrogen-bond donors (Lipinski definition) is 1. The Hall–Kier alpha value is -0.830. The van der Waals surface area contributed by atoms with Gasteiger partial charge in [-0.1, -0.05) is 0 Å². The fraction of sp³-hybridized carbons (Fsp3) is 0.700. The minimum Gasteiger partial charge on any atom is -0.446 e. The third-order valence-corrected chi connectivity index (χ3v) is 2.99. The van der Waals surface area contributed by atoms with Crippen LogP contribution in [0.2, 0.25) is 0 Å². The predicted molar refractivity (Wildman–Crippen MR) is 50.4 cm³/mol. The van der Waals surface area contributed by atoms with Crippen LogP contribution < -0.4 is 5.73 Å². The molecule has 0 atom stereocenters. The largest absolute Gasteiger partial charge is 0.446 e. The number of oxazole rings is 1. The molecule has 3 nitrogen and oxygen atoms in total. The minimum absolute atomic E-state index is 0.323. The van der Waals surface area contributed by atoms with Crippen molar-refractivity contribution in [2.45, 2.75) is 33.1 Å². The maximum absolute atomic E-state index is 5.69. The van der Waals surface area contributed by atoms with E-state index in [1.165, 1.54) is 12.8 Å². The van der Waals surface area contributed by atoms with Crippen molar-refractivity contribution >= 4 is 0 Å². The highest BCUT2D eigenvalue weighted by atomic mass is 16.4. The molecule has 13 heavy (non-hydrogen) atoms. The summed E-state index contributed by atoms with van der Waals surface area (Å²) >= 11 is 0. The summed E-state index contributed by atoms with van der Waals surface area (Å²) in [4.78, 5) is 4.36. The van der Waals surface area contributed by atoms with E-state index in [0.29, 0.717) is 5.41 Å². The monoisotopic (exact) mass is 180 g/mol. The molecule has 0 saturated heterocycles. The zero-order valence-electron chi connectivity index (χ0n) is 8.26. The Kier molecular flexibility index (Phi) is 1.91. The van der Waals surface area contributed by atoms with Gasteiger partial charge in [-0.15, -0.1) is 0 Å². The van der Waals surface area contributed by atoms with Crippen LogP contribution in [-0.2, 0) is 6.42 Å². The van der Waals surface area contributed by atoms with Crippen molar-refractivity contribution in [1.82, 2.24) is 4.98 Å². The third-order valence-electron chi connectivity index (χ3n) is 2.99. The van der Waals surface area contributed by atoms with Crippen LogP contribution in [0.15, 0.2) is 4.42 Å². The van der Waals surface area contributed by atoms with E-state index >= 15 is 0 Å². The lowest BCUT2D eigenvalue weighted by atomic mass is 10.0. The zero-order valence-corrected chi connectivity index (χ0v) is 8.26. The van der Waals surface area contributed by atoms with E-state index in [4.69, 9.17) is 10.2 Å². The number of hydrogen-bond acceptors (Lipinski definition) is 3. The number of rotatable bonds is 3. The van der Waals surface area contributed by atoms with Gasteiger partial charge in [0, 0.05) is 6.42 Å². The third kappa shape index (κ3) is 1.61. The lowest BCUT2D eigenvalue weighted by Gasteiger charge is -2.07. The van der Waals surface area contributed by atoms with Crippen LogP contribution in [0.25, 0.3) is 0 Å². The molecular weight excluding hydrogens is 164 g/mol. The molecule has 1 heterocycles. The molecule has 0 aliphatic heterocycles. The highest BCUT2D eigenvalue weighted by molar-refractivity contribution is 5.08. The highest BCUT2D eigenvalue weighted by Crippen LogP contribution is 2.47. The zero-order chi connectivity index (χ0) is 9.47. The van der Waals surface area contributed by atoms with Crippen molar-refractivity contribution < 1.29 is 4.42 Å². The lowest BCUT2D eigenvalue weighted by Crippen LogP contribution is -2.18. The molecule has 0 radical (unpaired) electrons. The van der Waals surface area contributed by atoms with Crippen LogP contribution in [0.3, 0.4) is 0 Å². The molecule has 2 rings (SSSR count). The Labute approximate surface area is 78.3 Å². The summed E-state index contributed by atoms with van der Waals surface area (Å²) in [6.45, 7) is 4.69. The Morgan fingerprint density at radius 2 is 2.15 bits per heavy atom. The van der Waals surface area contributed by atoms with Crippen LogP contribution in [-0.4, -0.2) is 11.5 Å². The van der Waals surface area contributed by atoms with Crippen LogP contribution in [0.1, 0.15) is 30.2 Å². The van der Waals surface area contributed by atoms with Gasteiger partial charge in [-0.2, -0.15) is 0 Å². The molecule has 3 heteroatoms. The minimum atomic E-state index is 0.323. The molecule has 1 aromatic heterocycles. The SMILES string of the molecule is Cc1nc(CC2(CN)CC2)oc1C. The van der Waals surface area contributed by atoms with Gasteiger partial charge in [-0.25, -0.2) is 4.98 Å². The Morgan fingerprint density at radius 3 is 2.54 bits per heavy atom. The molecule has 0 aromatic carbocycles. The summed E-state index contributed by atoms with van der Waals surface area (Å²) in [7, 11) is 0. The first-order valence-corrected chi connectivity index (χ1v) is 4.78. The fourth-order valence-electron chi connectivity index (χ4n) is 1.57. The van der Waals surface area contributed by atoms with Gasteiger partial charge in [-0.3, -0.25) is 0 Å². The fourth-order valence-corrected chi connectivity index (χ4v) is 1.57. The molecule has 1 aliphatic carbocycles. The lowest BCUT2D eigenvalue weighted by molar-refractivity contribution is 0.406. The van der Waals surface area contributed by atoms with Crippen molar-refractivity contribution in [3.8, 4) is 0 Å². The molecule has 0 spiro atoms. The van der Waals surface area contributed by atoms with Crippen molar-refractivity contribution in [3.63, 3.8) is 0 Å². The predicted octanol–water partition coefficient (Wildman–Crippen LogP) is 1.57. The number of aromatic nitrogens is 1. The van der Waals surface area contributed by atoms with E-state index in [1.807, 2.05) is 13.8 Å². The highest BCUT2D eigenvalue weighted by Gasteiger charge is 2.42. The van der Waals surface area contributed by atoms with Gasteiger partial charge in [0.2, 0.25) is 0 Å². The summed E-state index contributed by atoms with van der Waals surface area (Å²) in [5.74, 6) is 1.79. The van der Waals surface area contributed by atoms with Crippen molar-refractivity contribution in [1.29, 1.82) is 0 Å². The second-order valence-corrected chi connectivity index (χ2v) is 4.13. The van der Waals surface area contributed by atoms with E-state index < -0.39 is 0 Å². The average Bonchev–Trinajstić information content (AvgIpc) is 2.78. The Balaban J connectivity index is 2.10. The van der Waals surface area contributed by atoms with Gasteiger partial charge in [0.1, 0.15) is 5.76 Å². The molecule has 1 saturated carbocycles. The van der Waals surface area contributed by atoms with Gasteiger partial charge < -0.3 is 10.2 Å². The number of nitrogens with two attached hydrogens (primary N) is 1. The number of aryl methyl sites for hydroxylation is 2. The summed E-state index contributed by atoms with van der Waals surface area (Å²) in [6.07, 6.45) is 3.37. The number of nitrogens with zero attached hydrogens (tertiary/aromatic N) is 1. The topological polar surface area (TPSA) is 52.0 Å². The quantitative estimate of drug-likeness (QED) is 0.768. The van der Waals surface area contributed by atoms with Crippen molar-refractivity contribution in [2.24, 2.45) is 11.1 Å². The Morgan fingerprint density at radius 1 is 1.46 bits per heavy atom. The summed E-state index contributed by atoms with van der Waals surface area (Å²) in [5, 5.41) is 0. The van der Waals surface area contributed by atoms with E-state index in [2.05, 4.69) is 4.98 Å². The van der Waals surface area contributed by atoms with Crippen molar-refractivity contribution in [2.75, 3.05) is 6.54 Å². The van der Waals surface area contributed by atoms with Crippen LogP contribution in [0.4, 0.5) is 0 Å². The van der Waals surface area contributed by atoms with Gasteiger partial charge in [0.05, 0.1) is 5.69 Å². The van der Waals surface area contributed by atoms with E-state index in [0.717, 1.165) is 30.3 Å². The first kappa shape index (κ1) is 8.75. The molecular formula is C10H16N2O. The van der Waals surface area contributed by atoms with Crippen LogP contribution >= 0.6 is 0 Å². The Bertz CT molecular complexity index is 293. The molecule has 1 aromatic rings.